The maximum Gasteiger partial charge on any atom is 0.229 e. The second-order valence-electron chi connectivity index (χ2n) is 7.80. The Kier molecular flexibility index (Phi) is 4.80. The molecule has 5 aromatic rings. The van der Waals surface area contributed by atoms with Crippen LogP contribution in [0.5, 0.6) is 5.75 Å². The van der Waals surface area contributed by atoms with Crippen LogP contribution in [0.25, 0.3) is 27.9 Å². The second-order valence-corrected chi connectivity index (χ2v) is 7.80. The topological polar surface area (TPSA) is 122 Å². The molecule has 1 aliphatic heterocycles. The first-order chi connectivity index (χ1) is 16.3. The van der Waals surface area contributed by atoms with Crippen molar-refractivity contribution in [2.24, 2.45) is 0 Å². The summed E-state index contributed by atoms with van der Waals surface area (Å²) in [6, 6.07) is 7.65. The van der Waals surface area contributed by atoms with Gasteiger partial charge in [-0.2, -0.15) is 9.97 Å². The number of rotatable bonds is 6. The molecule has 33 heavy (non-hydrogen) atoms. The second kappa shape index (κ2) is 8.10. The number of H-pyrrole nitrogens is 1. The van der Waals surface area contributed by atoms with E-state index in [2.05, 4.69) is 30.5 Å². The largest absolute Gasteiger partial charge is 0.497 e. The molecule has 1 aromatic carbocycles. The Morgan fingerprint density at radius 2 is 2.06 bits per heavy atom. The van der Waals surface area contributed by atoms with E-state index < -0.39 is 0 Å². The molecule has 0 bridgehead atoms. The molecule has 4 aromatic heterocycles. The van der Waals surface area contributed by atoms with Crippen molar-refractivity contribution >= 4 is 34.0 Å². The van der Waals surface area contributed by atoms with Gasteiger partial charge in [0, 0.05) is 38.3 Å². The molecular formula is C22H23N9O2. The fraction of sp³-hybridized carbons (Fsp3) is 0.273. The first-order valence-electron chi connectivity index (χ1n) is 10.8. The first-order valence-corrected chi connectivity index (χ1v) is 10.8. The van der Waals surface area contributed by atoms with Crippen molar-refractivity contribution in [3.05, 3.63) is 48.9 Å². The molecule has 11 nitrogen and oxygen atoms in total. The van der Waals surface area contributed by atoms with Crippen LogP contribution in [0.3, 0.4) is 0 Å². The molecule has 0 aliphatic carbocycles. The summed E-state index contributed by atoms with van der Waals surface area (Å²) in [4.78, 5) is 24.5. The van der Waals surface area contributed by atoms with Crippen molar-refractivity contribution in [1.82, 2.24) is 34.8 Å². The fourth-order valence-electron chi connectivity index (χ4n) is 4.02. The maximum atomic E-state index is 5.31. The van der Waals surface area contributed by atoms with Crippen LogP contribution in [0, 0.1) is 0 Å². The Labute approximate surface area is 188 Å². The normalized spacial score (nSPS) is 14.3. The highest BCUT2D eigenvalue weighted by molar-refractivity contribution is 5.85. The van der Waals surface area contributed by atoms with Gasteiger partial charge >= 0.3 is 0 Å². The predicted molar refractivity (Wildman–Crippen MR) is 124 cm³/mol. The number of furan rings is 1. The summed E-state index contributed by atoms with van der Waals surface area (Å²) < 4.78 is 12.5. The van der Waals surface area contributed by atoms with E-state index in [-0.39, 0.29) is 0 Å². The SMILES string of the molecule is COc1ccc2nc(CNc3nc(N4CCNCC4)nc4c3ncn4-c3ccoc3)[nH]c2c1. The van der Waals surface area contributed by atoms with Crippen LogP contribution in [-0.2, 0) is 6.54 Å². The highest BCUT2D eigenvalue weighted by atomic mass is 16.5. The predicted octanol–water partition coefficient (Wildman–Crippen LogP) is 2.32. The number of nitrogens with zero attached hydrogens (tertiary/aromatic N) is 6. The smallest absolute Gasteiger partial charge is 0.229 e. The van der Waals surface area contributed by atoms with Crippen molar-refractivity contribution in [3.8, 4) is 11.4 Å². The molecule has 0 atom stereocenters. The van der Waals surface area contributed by atoms with E-state index in [9.17, 15) is 0 Å². The fourth-order valence-corrected chi connectivity index (χ4v) is 4.02. The molecule has 168 valence electrons. The zero-order chi connectivity index (χ0) is 22.2. The molecule has 0 radical (unpaired) electrons. The van der Waals surface area contributed by atoms with Gasteiger partial charge in [-0.15, -0.1) is 0 Å². The number of ether oxygens (including phenoxy) is 1. The number of aromatic nitrogens is 6. The minimum Gasteiger partial charge on any atom is -0.497 e. The highest BCUT2D eigenvalue weighted by Crippen LogP contribution is 2.26. The van der Waals surface area contributed by atoms with Crippen molar-refractivity contribution in [3.63, 3.8) is 0 Å². The lowest BCUT2D eigenvalue weighted by molar-refractivity contribution is 0.415. The lowest BCUT2D eigenvalue weighted by Crippen LogP contribution is -2.44. The van der Waals surface area contributed by atoms with Gasteiger partial charge in [0.15, 0.2) is 17.0 Å². The highest BCUT2D eigenvalue weighted by Gasteiger charge is 2.20. The number of nitrogens with one attached hydrogen (secondary N) is 3. The van der Waals surface area contributed by atoms with Gasteiger partial charge in [0.05, 0.1) is 36.6 Å². The number of methoxy groups -OCH3 is 1. The Morgan fingerprint density at radius 3 is 2.88 bits per heavy atom. The Balaban J connectivity index is 1.36. The molecule has 0 amide bonds. The Hall–Kier alpha value is -4.12. The molecular weight excluding hydrogens is 422 g/mol. The number of piperazine rings is 1. The summed E-state index contributed by atoms with van der Waals surface area (Å²) in [5.74, 6) is 2.91. The first kappa shape index (κ1) is 19.6. The van der Waals surface area contributed by atoms with Crippen LogP contribution in [0.4, 0.5) is 11.8 Å². The third kappa shape index (κ3) is 3.61. The molecule has 3 N–H and O–H groups in total. The number of benzene rings is 1. The Morgan fingerprint density at radius 1 is 1.15 bits per heavy atom. The third-order valence-electron chi connectivity index (χ3n) is 5.73. The van der Waals surface area contributed by atoms with E-state index in [4.69, 9.17) is 19.1 Å². The van der Waals surface area contributed by atoms with Crippen molar-refractivity contribution in [2.75, 3.05) is 43.5 Å². The minimum atomic E-state index is 0.461. The molecule has 1 aliphatic rings. The number of fused-ring (bicyclic) bond motifs is 2. The van der Waals surface area contributed by atoms with E-state index in [0.717, 1.165) is 60.1 Å². The average molecular weight is 445 g/mol. The molecule has 0 spiro atoms. The van der Waals surface area contributed by atoms with Crippen LogP contribution >= 0.6 is 0 Å². The summed E-state index contributed by atoms with van der Waals surface area (Å²) in [6.07, 6.45) is 5.04. The molecule has 5 heterocycles. The monoisotopic (exact) mass is 445 g/mol. The number of anilines is 2. The summed E-state index contributed by atoms with van der Waals surface area (Å²) in [7, 11) is 1.65. The molecule has 11 heteroatoms. The molecule has 1 fully saturated rings. The molecule has 0 unspecified atom stereocenters. The third-order valence-corrected chi connectivity index (χ3v) is 5.73. The van der Waals surface area contributed by atoms with E-state index in [0.29, 0.717) is 23.8 Å². The minimum absolute atomic E-state index is 0.461. The van der Waals surface area contributed by atoms with Gasteiger partial charge < -0.3 is 29.7 Å². The lowest BCUT2D eigenvalue weighted by Gasteiger charge is -2.27. The summed E-state index contributed by atoms with van der Waals surface area (Å²) in [5, 5.41) is 6.78. The van der Waals surface area contributed by atoms with E-state index >= 15 is 0 Å². The van der Waals surface area contributed by atoms with Crippen molar-refractivity contribution in [2.45, 2.75) is 6.54 Å². The van der Waals surface area contributed by atoms with Crippen molar-refractivity contribution in [1.29, 1.82) is 0 Å². The van der Waals surface area contributed by atoms with Gasteiger partial charge in [-0.05, 0) is 12.1 Å². The van der Waals surface area contributed by atoms with Crippen LogP contribution in [0.2, 0.25) is 0 Å². The maximum absolute atomic E-state index is 5.31. The van der Waals surface area contributed by atoms with E-state index in [1.807, 2.05) is 28.8 Å². The standard InChI is InChI=1S/C22H23N9O2/c1-32-15-2-3-16-17(10-15)27-18(26-16)11-24-20-19-21(31(13-25-19)14-4-9-33-12-14)29-22(28-20)30-7-5-23-6-8-30/h2-4,9-10,12-13,23H,5-8,11H2,1H3,(H,26,27)(H,24,28,29). The summed E-state index contributed by atoms with van der Waals surface area (Å²) in [6.45, 7) is 3.94. The van der Waals surface area contributed by atoms with Crippen molar-refractivity contribution < 1.29 is 9.15 Å². The van der Waals surface area contributed by atoms with E-state index in [1.54, 1.807) is 26.0 Å². The van der Waals surface area contributed by atoms with Gasteiger partial charge in [-0.25, -0.2) is 9.97 Å². The molecule has 0 saturated carbocycles. The van der Waals surface area contributed by atoms with E-state index in [1.165, 1.54) is 0 Å². The van der Waals surface area contributed by atoms with Crippen LogP contribution in [-0.4, -0.2) is 62.8 Å². The van der Waals surface area contributed by atoms with Gasteiger partial charge in [0.2, 0.25) is 5.95 Å². The van der Waals surface area contributed by atoms with Gasteiger partial charge in [0.1, 0.15) is 24.2 Å². The van der Waals surface area contributed by atoms with Crippen LogP contribution in [0.1, 0.15) is 5.82 Å². The van der Waals surface area contributed by atoms with Crippen LogP contribution in [0.15, 0.2) is 47.5 Å². The van der Waals surface area contributed by atoms with Gasteiger partial charge in [-0.1, -0.05) is 0 Å². The summed E-state index contributed by atoms with van der Waals surface area (Å²) in [5.41, 5.74) is 4.07. The quantitative estimate of drug-likeness (QED) is 0.361. The number of hydrogen-bond acceptors (Lipinski definition) is 9. The van der Waals surface area contributed by atoms with Gasteiger partial charge in [0.25, 0.3) is 0 Å². The zero-order valence-electron chi connectivity index (χ0n) is 18.1. The molecule has 6 rings (SSSR count). The lowest BCUT2D eigenvalue weighted by atomic mass is 10.3. The average Bonchev–Trinajstić information content (AvgIpc) is 3.61. The molecule has 1 saturated heterocycles. The zero-order valence-corrected chi connectivity index (χ0v) is 18.1. The van der Waals surface area contributed by atoms with Crippen LogP contribution < -0.4 is 20.3 Å². The summed E-state index contributed by atoms with van der Waals surface area (Å²) >= 11 is 0. The number of hydrogen-bond donors (Lipinski definition) is 3. The number of imidazole rings is 2. The Bertz CT molecular complexity index is 1400. The number of aromatic amines is 1. The van der Waals surface area contributed by atoms with Gasteiger partial charge in [-0.3, -0.25) is 4.57 Å².